The van der Waals surface area contributed by atoms with E-state index in [4.69, 9.17) is 0 Å². The molecule has 2 aromatic rings. The fraction of sp³-hybridized carbons (Fsp3) is 0.318. The van der Waals surface area contributed by atoms with E-state index in [9.17, 15) is 19.5 Å². The minimum atomic E-state index is -1.07. The Balaban J connectivity index is 1.95. The third kappa shape index (κ3) is 4.62. The summed E-state index contributed by atoms with van der Waals surface area (Å²) in [4.78, 5) is 37.9. The van der Waals surface area contributed by atoms with Gasteiger partial charge in [-0.05, 0) is 42.0 Å². The van der Waals surface area contributed by atoms with Crippen LogP contribution in [0, 0.1) is 5.92 Å². The number of carbonyl (C=O) groups is 3. The number of rotatable bonds is 7. The van der Waals surface area contributed by atoms with Gasteiger partial charge in [0.25, 0.3) is 0 Å². The molecule has 0 spiro atoms. The fourth-order valence-electron chi connectivity index (χ4n) is 3.81. The highest BCUT2D eigenvalue weighted by molar-refractivity contribution is 8.13. The summed E-state index contributed by atoms with van der Waals surface area (Å²) < 4.78 is 0. The summed E-state index contributed by atoms with van der Waals surface area (Å²) in [6, 6.07) is 16.9. The number of hydrogen-bond acceptors (Lipinski definition) is 4. The fourth-order valence-corrected chi connectivity index (χ4v) is 4.60. The molecule has 0 bridgehead atoms. The molecule has 5 nitrogen and oxygen atoms in total. The molecule has 146 valence electrons. The van der Waals surface area contributed by atoms with Crippen molar-refractivity contribution in [1.29, 1.82) is 0 Å². The maximum atomic E-state index is 13.5. The van der Waals surface area contributed by atoms with Gasteiger partial charge in [0.2, 0.25) is 5.91 Å². The second kappa shape index (κ2) is 9.06. The molecule has 0 heterocycles. The Morgan fingerprint density at radius 2 is 1.79 bits per heavy atom. The molecule has 0 saturated carbocycles. The Kier molecular flexibility index (Phi) is 6.52. The van der Waals surface area contributed by atoms with Crippen LogP contribution < -0.4 is 4.90 Å². The number of benzene rings is 2. The number of carbonyl (C=O) groups excluding carboxylic acids is 2. The quantitative estimate of drug-likeness (QED) is 0.771. The van der Waals surface area contributed by atoms with Gasteiger partial charge in [0.05, 0.1) is 5.92 Å². The summed E-state index contributed by atoms with van der Waals surface area (Å²) in [6.45, 7) is 1.08. The first-order valence-electron chi connectivity index (χ1n) is 9.26. The minimum absolute atomic E-state index is 0.0180. The van der Waals surface area contributed by atoms with Crippen molar-refractivity contribution in [3.05, 3.63) is 65.7 Å². The molecule has 2 unspecified atom stereocenters. The van der Waals surface area contributed by atoms with Crippen LogP contribution in [-0.4, -0.2) is 34.4 Å². The third-order valence-corrected chi connectivity index (χ3v) is 6.01. The Labute approximate surface area is 168 Å². The molecule has 1 amide bonds. The number of aliphatic carboxylic acids is 1. The Hall–Kier alpha value is -2.60. The monoisotopic (exact) mass is 397 g/mol. The summed E-state index contributed by atoms with van der Waals surface area (Å²) in [6.07, 6.45) is 1.71. The highest BCUT2D eigenvalue weighted by Gasteiger charge is 2.37. The maximum absolute atomic E-state index is 13.5. The number of carboxylic acid groups (broad SMARTS) is 1. The number of thioether (sulfide) groups is 1. The zero-order chi connectivity index (χ0) is 20.1. The first-order chi connectivity index (χ1) is 13.5. The highest BCUT2D eigenvalue weighted by Crippen LogP contribution is 2.40. The molecule has 2 aromatic carbocycles. The van der Waals surface area contributed by atoms with Crippen LogP contribution in [0.4, 0.5) is 5.69 Å². The van der Waals surface area contributed by atoms with Gasteiger partial charge in [-0.3, -0.25) is 14.4 Å². The van der Waals surface area contributed by atoms with Gasteiger partial charge >= 0.3 is 5.97 Å². The van der Waals surface area contributed by atoms with Gasteiger partial charge in [0, 0.05) is 18.4 Å². The summed E-state index contributed by atoms with van der Waals surface area (Å²) in [5, 5.41) is 9.32. The van der Waals surface area contributed by atoms with Crippen LogP contribution >= 0.6 is 11.8 Å². The third-order valence-electron chi connectivity index (χ3n) is 5.08. The largest absolute Gasteiger partial charge is 0.480 e. The van der Waals surface area contributed by atoms with Crippen molar-refractivity contribution in [2.45, 2.75) is 25.7 Å². The van der Waals surface area contributed by atoms with Gasteiger partial charge in [0.15, 0.2) is 5.12 Å². The van der Waals surface area contributed by atoms with Gasteiger partial charge in [-0.2, -0.15) is 0 Å². The lowest BCUT2D eigenvalue weighted by Crippen LogP contribution is -2.42. The summed E-state index contributed by atoms with van der Waals surface area (Å²) in [7, 11) is 0. The van der Waals surface area contributed by atoms with Gasteiger partial charge in [-0.25, -0.2) is 0 Å². The van der Waals surface area contributed by atoms with Crippen molar-refractivity contribution in [2.24, 2.45) is 5.92 Å². The minimum Gasteiger partial charge on any atom is -0.480 e. The maximum Gasteiger partial charge on any atom is 0.323 e. The van der Waals surface area contributed by atoms with E-state index < -0.39 is 18.4 Å². The molecule has 28 heavy (non-hydrogen) atoms. The number of aryl methyl sites for hydroxylation is 1. The summed E-state index contributed by atoms with van der Waals surface area (Å²) in [5.74, 6) is -1.45. The summed E-state index contributed by atoms with van der Waals surface area (Å²) in [5.41, 5.74) is 2.91. The molecule has 0 radical (unpaired) electrons. The molecule has 6 heteroatoms. The molecule has 1 N–H and O–H groups in total. The van der Waals surface area contributed by atoms with Crippen LogP contribution in [0.5, 0.6) is 0 Å². The predicted molar refractivity (Wildman–Crippen MR) is 111 cm³/mol. The molecule has 3 rings (SSSR count). The van der Waals surface area contributed by atoms with Crippen LogP contribution in [0.3, 0.4) is 0 Å². The lowest BCUT2D eigenvalue weighted by molar-refractivity contribution is -0.137. The average Bonchev–Trinajstić information content (AvgIpc) is 3.10. The zero-order valence-electron chi connectivity index (χ0n) is 15.7. The normalized spacial score (nSPS) is 16.2. The first kappa shape index (κ1) is 20.1. The standard InChI is InChI=1S/C22H23NO4S/c1-15(24)28-14-20(19-12-11-16-7-5-6-10-18(16)19)22(27)23(13-21(25)26)17-8-3-2-4-9-17/h2-10,19-20H,11-14H2,1H3,(H,25,26). The lowest BCUT2D eigenvalue weighted by Gasteiger charge is -2.29. The van der Waals surface area contributed by atoms with Crippen molar-refractivity contribution in [3.63, 3.8) is 0 Å². The summed E-state index contributed by atoms with van der Waals surface area (Å²) >= 11 is 1.13. The van der Waals surface area contributed by atoms with E-state index in [1.54, 1.807) is 24.3 Å². The van der Waals surface area contributed by atoms with E-state index in [0.717, 1.165) is 30.2 Å². The van der Waals surface area contributed by atoms with Crippen molar-refractivity contribution < 1.29 is 19.5 Å². The van der Waals surface area contributed by atoms with E-state index in [0.29, 0.717) is 11.4 Å². The number of hydrogen-bond donors (Lipinski definition) is 1. The number of carboxylic acids is 1. The van der Waals surface area contributed by atoms with E-state index in [2.05, 4.69) is 6.07 Å². The predicted octanol–water partition coefficient (Wildman–Crippen LogP) is 3.73. The topological polar surface area (TPSA) is 74.7 Å². The van der Waals surface area contributed by atoms with Crippen LogP contribution in [0.1, 0.15) is 30.4 Å². The number of para-hydroxylation sites is 1. The Morgan fingerprint density at radius 3 is 2.46 bits per heavy atom. The zero-order valence-corrected chi connectivity index (χ0v) is 16.5. The number of anilines is 1. The molecule has 2 atom stereocenters. The second-order valence-corrected chi connectivity index (χ2v) is 8.10. The van der Waals surface area contributed by atoms with Crippen LogP contribution in [0.25, 0.3) is 0 Å². The van der Waals surface area contributed by atoms with Crippen molar-refractivity contribution in [3.8, 4) is 0 Å². The lowest BCUT2D eigenvalue weighted by atomic mass is 9.87. The molecule has 0 aliphatic heterocycles. The van der Waals surface area contributed by atoms with E-state index in [1.165, 1.54) is 17.4 Å². The van der Waals surface area contributed by atoms with Gasteiger partial charge < -0.3 is 10.0 Å². The van der Waals surface area contributed by atoms with Crippen molar-refractivity contribution in [1.82, 2.24) is 0 Å². The average molecular weight is 397 g/mol. The van der Waals surface area contributed by atoms with Gasteiger partial charge in [-0.15, -0.1) is 0 Å². The van der Waals surface area contributed by atoms with E-state index >= 15 is 0 Å². The first-order valence-corrected chi connectivity index (χ1v) is 10.3. The number of fused-ring (bicyclic) bond motifs is 1. The molecule has 0 fully saturated rings. The smallest absolute Gasteiger partial charge is 0.323 e. The molecule has 1 aliphatic rings. The van der Waals surface area contributed by atoms with Crippen LogP contribution in [-0.2, 0) is 20.8 Å². The molecular formula is C22H23NO4S. The van der Waals surface area contributed by atoms with E-state index in [1.807, 2.05) is 24.3 Å². The van der Waals surface area contributed by atoms with Gasteiger partial charge in [0.1, 0.15) is 6.54 Å². The Morgan fingerprint density at radius 1 is 1.11 bits per heavy atom. The Bertz CT molecular complexity index is 868. The van der Waals surface area contributed by atoms with Gasteiger partial charge in [-0.1, -0.05) is 54.2 Å². The SMILES string of the molecule is CC(=O)SCC(C(=O)N(CC(=O)O)c1ccccc1)C1CCc2ccccc21. The van der Waals surface area contributed by atoms with Crippen LogP contribution in [0.15, 0.2) is 54.6 Å². The van der Waals surface area contributed by atoms with Crippen molar-refractivity contribution >= 4 is 34.4 Å². The van der Waals surface area contributed by atoms with Crippen LogP contribution in [0.2, 0.25) is 0 Å². The molecule has 0 aromatic heterocycles. The molecular weight excluding hydrogens is 374 g/mol. The highest BCUT2D eigenvalue weighted by atomic mass is 32.2. The number of nitrogens with zero attached hydrogens (tertiary/aromatic N) is 1. The molecule has 1 aliphatic carbocycles. The second-order valence-electron chi connectivity index (χ2n) is 6.91. The van der Waals surface area contributed by atoms with Crippen molar-refractivity contribution in [2.75, 3.05) is 17.2 Å². The molecule has 0 saturated heterocycles. The van der Waals surface area contributed by atoms with E-state index in [-0.39, 0.29) is 16.9 Å². The number of amides is 1.